The Morgan fingerprint density at radius 3 is 2.53 bits per heavy atom. The molecule has 2 atom stereocenters. The minimum atomic E-state index is -1.11. The highest BCUT2D eigenvalue weighted by atomic mass is 16.7. The lowest BCUT2D eigenvalue weighted by Crippen LogP contribution is -2.57. The summed E-state index contributed by atoms with van der Waals surface area (Å²) in [5.41, 5.74) is 1.81. The highest BCUT2D eigenvalue weighted by molar-refractivity contribution is 6.08. The molecule has 38 heavy (non-hydrogen) atoms. The van der Waals surface area contributed by atoms with Gasteiger partial charge in [-0.1, -0.05) is 12.1 Å². The van der Waals surface area contributed by atoms with Crippen LogP contribution in [0.5, 0.6) is 23.0 Å². The second-order valence-electron chi connectivity index (χ2n) is 9.18. The first-order valence-electron chi connectivity index (χ1n) is 12.6. The number of fused-ring (bicyclic) bond motifs is 1. The van der Waals surface area contributed by atoms with Crippen molar-refractivity contribution in [2.24, 2.45) is 10.9 Å². The molecule has 0 saturated carbocycles. The molecular formula is C27H32N4O7. The van der Waals surface area contributed by atoms with Gasteiger partial charge in [0, 0.05) is 32.7 Å². The molecule has 0 aliphatic carbocycles. The van der Waals surface area contributed by atoms with Crippen LogP contribution in [0.25, 0.3) is 0 Å². The van der Waals surface area contributed by atoms with Crippen molar-refractivity contribution < 1.29 is 33.3 Å². The Morgan fingerprint density at radius 2 is 1.79 bits per heavy atom. The molecule has 1 amide bonds. The molecule has 1 saturated heterocycles. The quantitative estimate of drug-likeness (QED) is 0.429. The number of carbonyl (C=O) groups excluding carboxylic acids is 2. The van der Waals surface area contributed by atoms with Crippen LogP contribution >= 0.6 is 0 Å². The lowest BCUT2D eigenvalue weighted by atomic mass is 9.91. The number of piperazine rings is 1. The van der Waals surface area contributed by atoms with Gasteiger partial charge < -0.3 is 28.6 Å². The third kappa shape index (κ3) is 5.19. The number of methoxy groups -OCH3 is 2. The predicted octanol–water partition coefficient (Wildman–Crippen LogP) is 1.96. The predicted molar refractivity (Wildman–Crippen MR) is 137 cm³/mol. The molecule has 3 aliphatic rings. The summed E-state index contributed by atoms with van der Waals surface area (Å²) in [7, 11) is 3.09. The zero-order valence-corrected chi connectivity index (χ0v) is 21.8. The van der Waals surface area contributed by atoms with Crippen molar-refractivity contribution in [1.82, 2.24) is 15.1 Å². The van der Waals surface area contributed by atoms with E-state index in [9.17, 15) is 9.59 Å². The summed E-state index contributed by atoms with van der Waals surface area (Å²) in [6.45, 7) is 5.83. The smallest absolute Gasteiger partial charge is 0.321 e. The standard InChI is InChI=1S/C27H32N4O7/c1-4-36-26(33)23-24(18-6-8-19(34-2)21(14-18)35-3)28-27(29-25(23)32)31-11-9-30(10-12-31)15-17-5-7-20-22(13-17)38-16-37-20/h5-8,13-14,23-24H,4,9-12,15-16H2,1-3H3,(H,28,29,32). The molecule has 1 N–H and O–H groups in total. The molecule has 0 aromatic heterocycles. The topological polar surface area (TPSA) is 111 Å². The molecule has 5 rings (SSSR count). The molecule has 2 aromatic rings. The number of hydrogen-bond donors (Lipinski definition) is 1. The van der Waals surface area contributed by atoms with Crippen LogP contribution in [-0.2, 0) is 20.9 Å². The Morgan fingerprint density at radius 1 is 1.03 bits per heavy atom. The van der Waals surface area contributed by atoms with Gasteiger partial charge in [-0.25, -0.2) is 4.99 Å². The Bertz CT molecular complexity index is 1230. The van der Waals surface area contributed by atoms with Gasteiger partial charge in [0.05, 0.1) is 20.8 Å². The second kappa shape index (κ2) is 11.2. The first-order valence-corrected chi connectivity index (χ1v) is 12.6. The lowest BCUT2D eigenvalue weighted by molar-refractivity contribution is -0.153. The number of guanidine groups is 1. The molecule has 0 radical (unpaired) electrons. The van der Waals surface area contributed by atoms with Crippen molar-refractivity contribution in [1.29, 1.82) is 0 Å². The number of carbonyl (C=O) groups is 2. The third-order valence-corrected chi connectivity index (χ3v) is 6.90. The Kier molecular flexibility index (Phi) is 7.54. The van der Waals surface area contributed by atoms with Crippen molar-refractivity contribution in [3.05, 3.63) is 47.5 Å². The summed E-state index contributed by atoms with van der Waals surface area (Å²) >= 11 is 0. The van der Waals surface area contributed by atoms with Crippen molar-refractivity contribution in [3.8, 4) is 23.0 Å². The zero-order chi connectivity index (χ0) is 26.6. The van der Waals surface area contributed by atoms with Gasteiger partial charge >= 0.3 is 5.97 Å². The van der Waals surface area contributed by atoms with Crippen molar-refractivity contribution in [2.45, 2.75) is 19.5 Å². The van der Waals surface area contributed by atoms with Gasteiger partial charge in [-0.05, 0) is 42.3 Å². The maximum absolute atomic E-state index is 13.2. The van der Waals surface area contributed by atoms with Crippen LogP contribution < -0.4 is 24.3 Å². The highest BCUT2D eigenvalue weighted by Crippen LogP contribution is 2.37. The largest absolute Gasteiger partial charge is 0.493 e. The van der Waals surface area contributed by atoms with Crippen LogP contribution in [0.1, 0.15) is 24.1 Å². The summed E-state index contributed by atoms with van der Waals surface area (Å²) in [6.07, 6.45) is 0. The Balaban J connectivity index is 1.33. The van der Waals surface area contributed by atoms with E-state index in [2.05, 4.69) is 16.3 Å². The van der Waals surface area contributed by atoms with E-state index < -0.39 is 23.8 Å². The minimum absolute atomic E-state index is 0.170. The summed E-state index contributed by atoms with van der Waals surface area (Å²) in [6, 6.07) is 10.5. The number of ether oxygens (including phenoxy) is 5. The summed E-state index contributed by atoms with van der Waals surface area (Å²) in [5.74, 6) is 0.895. The van der Waals surface area contributed by atoms with Gasteiger partial charge in [0.2, 0.25) is 18.7 Å². The summed E-state index contributed by atoms with van der Waals surface area (Å²) in [4.78, 5) is 35.2. The fraction of sp³-hybridized carbons (Fsp3) is 0.444. The molecule has 3 heterocycles. The number of rotatable bonds is 7. The highest BCUT2D eigenvalue weighted by Gasteiger charge is 2.42. The van der Waals surface area contributed by atoms with Gasteiger partial charge in [0.25, 0.3) is 0 Å². The summed E-state index contributed by atoms with van der Waals surface area (Å²) < 4.78 is 26.9. The van der Waals surface area contributed by atoms with Crippen molar-refractivity contribution in [3.63, 3.8) is 0 Å². The fourth-order valence-electron chi connectivity index (χ4n) is 4.92. The number of nitrogens with zero attached hydrogens (tertiary/aromatic N) is 3. The van der Waals surface area contributed by atoms with Crippen molar-refractivity contribution in [2.75, 3.05) is 53.8 Å². The average molecular weight is 525 g/mol. The number of nitrogens with one attached hydrogen (secondary N) is 1. The van der Waals surface area contributed by atoms with Crippen LogP contribution in [0.2, 0.25) is 0 Å². The molecule has 1 fully saturated rings. The van der Waals surface area contributed by atoms with Crippen LogP contribution in [0, 0.1) is 5.92 Å². The first kappa shape index (κ1) is 25.7. The number of aliphatic imine (C=N–C) groups is 1. The molecule has 0 spiro atoms. The molecule has 0 bridgehead atoms. The van der Waals surface area contributed by atoms with E-state index in [4.69, 9.17) is 28.7 Å². The van der Waals surface area contributed by atoms with Gasteiger partial charge in [-0.15, -0.1) is 0 Å². The maximum Gasteiger partial charge on any atom is 0.321 e. The number of benzene rings is 2. The maximum atomic E-state index is 13.2. The normalized spacial score (nSPS) is 21.0. The van der Waals surface area contributed by atoms with Gasteiger partial charge in [-0.2, -0.15) is 0 Å². The van der Waals surface area contributed by atoms with E-state index >= 15 is 0 Å². The second-order valence-corrected chi connectivity index (χ2v) is 9.18. The number of esters is 1. The molecule has 2 unspecified atom stereocenters. The van der Waals surface area contributed by atoms with Gasteiger partial charge in [0.1, 0.15) is 6.04 Å². The first-order chi connectivity index (χ1) is 18.5. The van der Waals surface area contributed by atoms with Crippen LogP contribution in [0.4, 0.5) is 0 Å². The monoisotopic (exact) mass is 524 g/mol. The van der Waals surface area contributed by atoms with E-state index in [-0.39, 0.29) is 13.4 Å². The molecule has 202 valence electrons. The molecule has 2 aromatic carbocycles. The van der Waals surface area contributed by atoms with Crippen LogP contribution in [0.3, 0.4) is 0 Å². The zero-order valence-electron chi connectivity index (χ0n) is 21.8. The number of hydrogen-bond acceptors (Lipinski definition) is 10. The van der Waals surface area contributed by atoms with Gasteiger partial charge in [-0.3, -0.25) is 19.8 Å². The molecule has 3 aliphatic heterocycles. The SMILES string of the molecule is CCOC(=O)C1C(=O)NC(N2CCN(Cc3ccc4c(c3)OCO4)CC2)=NC1c1ccc(OC)c(OC)c1. The average Bonchev–Trinajstić information content (AvgIpc) is 3.40. The van der Waals surface area contributed by atoms with Crippen LogP contribution in [0.15, 0.2) is 41.4 Å². The lowest BCUT2D eigenvalue weighted by Gasteiger charge is -2.39. The van der Waals surface area contributed by atoms with E-state index in [0.717, 1.165) is 36.7 Å². The number of amides is 1. The summed E-state index contributed by atoms with van der Waals surface area (Å²) in [5, 5.41) is 2.85. The Hall–Kier alpha value is -3.99. The van der Waals surface area contributed by atoms with Crippen LogP contribution in [-0.4, -0.2) is 81.4 Å². The molecular weight excluding hydrogens is 492 g/mol. The third-order valence-electron chi connectivity index (χ3n) is 6.90. The van der Waals surface area contributed by atoms with E-state index in [1.54, 1.807) is 32.2 Å². The molecule has 11 nitrogen and oxygen atoms in total. The molecule has 11 heteroatoms. The van der Waals surface area contributed by atoms with Crippen molar-refractivity contribution >= 4 is 17.8 Å². The van der Waals surface area contributed by atoms with E-state index in [1.807, 2.05) is 17.0 Å². The fourth-order valence-corrected chi connectivity index (χ4v) is 4.92. The minimum Gasteiger partial charge on any atom is -0.493 e. The van der Waals surface area contributed by atoms with Gasteiger partial charge in [0.15, 0.2) is 28.9 Å². The van der Waals surface area contributed by atoms with E-state index in [1.165, 1.54) is 7.11 Å². The Labute approximate surface area is 221 Å². The van der Waals surface area contributed by atoms with E-state index in [0.29, 0.717) is 36.1 Å².